The Hall–Kier alpha value is -2.18. The van der Waals surface area contributed by atoms with E-state index in [1.807, 2.05) is 64.1 Å². The number of likely N-dealkylation sites (N-methyl/N-ethyl adjacent to an activating group) is 1. The second-order valence-corrected chi connectivity index (χ2v) is 5.89. The van der Waals surface area contributed by atoms with E-state index in [-0.39, 0.29) is 5.91 Å². The molecule has 1 aliphatic rings. The molecule has 1 saturated heterocycles. The number of hydrogen-bond donors (Lipinski definition) is 1. The molecule has 6 heteroatoms. The first kappa shape index (κ1) is 15.7. The van der Waals surface area contributed by atoms with Crippen molar-refractivity contribution in [2.24, 2.45) is 0 Å². The number of piperazine rings is 1. The third-order valence-electron chi connectivity index (χ3n) is 3.97. The van der Waals surface area contributed by atoms with Crippen molar-refractivity contribution in [1.29, 1.82) is 0 Å². The van der Waals surface area contributed by atoms with Gasteiger partial charge < -0.3 is 10.2 Å². The Kier molecular flexibility index (Phi) is 5.05. The van der Waals surface area contributed by atoms with Gasteiger partial charge in [0.15, 0.2) is 0 Å². The molecule has 0 atom stereocenters. The minimum absolute atomic E-state index is 0.191. The summed E-state index contributed by atoms with van der Waals surface area (Å²) in [5.41, 5.74) is 2.00. The van der Waals surface area contributed by atoms with Crippen LogP contribution in [-0.2, 0) is 11.3 Å². The van der Waals surface area contributed by atoms with Crippen LogP contribution in [0.2, 0.25) is 0 Å². The second-order valence-electron chi connectivity index (χ2n) is 5.89. The second kappa shape index (κ2) is 7.39. The topological polar surface area (TPSA) is 53.4 Å². The summed E-state index contributed by atoms with van der Waals surface area (Å²) in [6.07, 6.45) is 1.95. The van der Waals surface area contributed by atoms with E-state index in [0.29, 0.717) is 13.1 Å². The Labute approximate surface area is 136 Å². The van der Waals surface area contributed by atoms with Crippen LogP contribution in [0.4, 0.5) is 0 Å². The summed E-state index contributed by atoms with van der Waals surface area (Å²) >= 11 is 0. The molecule has 3 rings (SSSR count). The Bertz CT molecular complexity index is 633. The fraction of sp³-hybridized carbons (Fsp3) is 0.412. The van der Waals surface area contributed by atoms with Gasteiger partial charge in [-0.15, -0.1) is 0 Å². The summed E-state index contributed by atoms with van der Waals surface area (Å²) in [5.74, 6) is 0.191. The normalized spacial score (nSPS) is 15.1. The van der Waals surface area contributed by atoms with E-state index < -0.39 is 0 Å². The minimum atomic E-state index is 0.191. The number of nitrogens with zero attached hydrogens (tertiary/aromatic N) is 4. The van der Waals surface area contributed by atoms with Crippen molar-refractivity contribution in [3.8, 4) is 5.69 Å². The SMILES string of the molecule is CN(CC(=O)N1CCNCC1)Cc1ccn(-c2ccccc2)n1. The summed E-state index contributed by atoms with van der Waals surface area (Å²) in [6.45, 7) is 4.47. The van der Waals surface area contributed by atoms with Crippen molar-refractivity contribution in [3.05, 3.63) is 48.3 Å². The fourth-order valence-corrected chi connectivity index (χ4v) is 2.75. The molecule has 0 unspecified atom stereocenters. The molecule has 1 N–H and O–H groups in total. The number of carbonyl (C=O) groups excluding carboxylic acids is 1. The molecule has 1 aromatic carbocycles. The monoisotopic (exact) mass is 313 g/mol. The van der Waals surface area contributed by atoms with Crippen LogP contribution in [0.25, 0.3) is 5.69 Å². The molecule has 122 valence electrons. The van der Waals surface area contributed by atoms with Crippen LogP contribution in [0.1, 0.15) is 5.69 Å². The summed E-state index contributed by atoms with van der Waals surface area (Å²) < 4.78 is 1.86. The van der Waals surface area contributed by atoms with Crippen molar-refractivity contribution < 1.29 is 4.79 Å². The van der Waals surface area contributed by atoms with Gasteiger partial charge in [0.05, 0.1) is 17.9 Å². The highest BCUT2D eigenvalue weighted by atomic mass is 16.2. The van der Waals surface area contributed by atoms with Crippen LogP contribution in [0.15, 0.2) is 42.6 Å². The number of aromatic nitrogens is 2. The van der Waals surface area contributed by atoms with Gasteiger partial charge in [-0.3, -0.25) is 9.69 Å². The van der Waals surface area contributed by atoms with Gasteiger partial charge in [-0.1, -0.05) is 18.2 Å². The number of benzene rings is 1. The summed E-state index contributed by atoms with van der Waals surface area (Å²) in [6, 6.07) is 12.0. The Balaban J connectivity index is 1.54. The number of carbonyl (C=O) groups is 1. The van der Waals surface area contributed by atoms with Gasteiger partial charge in [-0.2, -0.15) is 5.10 Å². The number of amides is 1. The highest BCUT2D eigenvalue weighted by molar-refractivity contribution is 5.78. The van der Waals surface area contributed by atoms with Gasteiger partial charge in [0.2, 0.25) is 5.91 Å². The molecule has 1 amide bonds. The van der Waals surface area contributed by atoms with Crippen LogP contribution in [0.5, 0.6) is 0 Å². The van der Waals surface area contributed by atoms with Gasteiger partial charge in [-0.05, 0) is 25.2 Å². The quantitative estimate of drug-likeness (QED) is 0.884. The van der Waals surface area contributed by atoms with Crippen LogP contribution in [0.3, 0.4) is 0 Å². The molecular weight excluding hydrogens is 290 g/mol. The van der Waals surface area contributed by atoms with Gasteiger partial charge in [0, 0.05) is 38.9 Å². The van der Waals surface area contributed by atoms with E-state index in [2.05, 4.69) is 10.4 Å². The molecule has 1 fully saturated rings. The molecule has 0 bridgehead atoms. The van der Waals surface area contributed by atoms with Gasteiger partial charge in [-0.25, -0.2) is 4.68 Å². The van der Waals surface area contributed by atoms with Crippen LogP contribution in [0, 0.1) is 0 Å². The molecule has 6 nitrogen and oxygen atoms in total. The molecule has 0 saturated carbocycles. The number of para-hydroxylation sites is 1. The molecule has 0 aliphatic carbocycles. The van der Waals surface area contributed by atoms with E-state index in [1.165, 1.54) is 0 Å². The van der Waals surface area contributed by atoms with Crippen molar-refractivity contribution in [2.75, 3.05) is 39.8 Å². The molecule has 2 aromatic rings. The number of hydrogen-bond acceptors (Lipinski definition) is 4. The van der Waals surface area contributed by atoms with Gasteiger partial charge in [0.25, 0.3) is 0 Å². The number of nitrogens with one attached hydrogen (secondary N) is 1. The lowest BCUT2D eigenvalue weighted by Gasteiger charge is -2.29. The first-order valence-corrected chi connectivity index (χ1v) is 7.99. The zero-order valence-corrected chi connectivity index (χ0v) is 13.5. The zero-order chi connectivity index (χ0) is 16.1. The molecule has 0 spiro atoms. The lowest BCUT2D eigenvalue weighted by molar-refractivity contribution is -0.132. The summed E-state index contributed by atoms with van der Waals surface area (Å²) in [4.78, 5) is 16.2. The average Bonchev–Trinajstić information content (AvgIpc) is 3.04. The van der Waals surface area contributed by atoms with Crippen molar-refractivity contribution in [1.82, 2.24) is 24.9 Å². The van der Waals surface area contributed by atoms with E-state index in [0.717, 1.165) is 37.6 Å². The third kappa shape index (κ3) is 4.18. The predicted molar refractivity (Wildman–Crippen MR) is 89.3 cm³/mol. The van der Waals surface area contributed by atoms with Gasteiger partial charge >= 0.3 is 0 Å². The number of rotatable bonds is 5. The van der Waals surface area contributed by atoms with E-state index in [4.69, 9.17) is 0 Å². The Morgan fingerprint density at radius 2 is 1.96 bits per heavy atom. The summed E-state index contributed by atoms with van der Waals surface area (Å²) in [5, 5.41) is 7.84. The van der Waals surface area contributed by atoms with E-state index in [9.17, 15) is 4.79 Å². The van der Waals surface area contributed by atoms with Crippen molar-refractivity contribution in [3.63, 3.8) is 0 Å². The smallest absolute Gasteiger partial charge is 0.236 e. The van der Waals surface area contributed by atoms with Crippen LogP contribution in [-0.4, -0.2) is 65.3 Å². The third-order valence-corrected chi connectivity index (χ3v) is 3.97. The first-order valence-electron chi connectivity index (χ1n) is 7.99. The van der Waals surface area contributed by atoms with Crippen LogP contribution < -0.4 is 5.32 Å². The molecule has 0 radical (unpaired) electrons. The molecule has 1 aromatic heterocycles. The lowest BCUT2D eigenvalue weighted by Crippen LogP contribution is -2.49. The van der Waals surface area contributed by atoms with Crippen molar-refractivity contribution in [2.45, 2.75) is 6.54 Å². The first-order chi connectivity index (χ1) is 11.2. The maximum Gasteiger partial charge on any atom is 0.236 e. The molecule has 23 heavy (non-hydrogen) atoms. The van der Waals surface area contributed by atoms with E-state index >= 15 is 0 Å². The molecular formula is C17H23N5O. The standard InChI is InChI=1S/C17H23N5O/c1-20(14-17(23)21-11-8-18-9-12-21)13-15-7-10-22(19-15)16-5-3-2-4-6-16/h2-7,10,18H,8-9,11-14H2,1H3. The highest BCUT2D eigenvalue weighted by Gasteiger charge is 2.18. The van der Waals surface area contributed by atoms with Crippen molar-refractivity contribution >= 4 is 5.91 Å². The maximum atomic E-state index is 12.3. The lowest BCUT2D eigenvalue weighted by atomic mass is 10.3. The Morgan fingerprint density at radius 3 is 2.70 bits per heavy atom. The summed E-state index contributed by atoms with van der Waals surface area (Å²) in [7, 11) is 1.96. The minimum Gasteiger partial charge on any atom is -0.339 e. The molecule has 1 aliphatic heterocycles. The largest absolute Gasteiger partial charge is 0.339 e. The van der Waals surface area contributed by atoms with Gasteiger partial charge in [0.1, 0.15) is 0 Å². The molecule has 2 heterocycles. The maximum absolute atomic E-state index is 12.3. The Morgan fingerprint density at radius 1 is 1.22 bits per heavy atom. The average molecular weight is 313 g/mol. The zero-order valence-electron chi connectivity index (χ0n) is 13.5. The van der Waals surface area contributed by atoms with Crippen LogP contribution >= 0.6 is 0 Å². The predicted octanol–water partition coefficient (Wildman–Crippen LogP) is 0.736. The fourth-order valence-electron chi connectivity index (χ4n) is 2.75. The highest BCUT2D eigenvalue weighted by Crippen LogP contribution is 2.08. The van der Waals surface area contributed by atoms with E-state index in [1.54, 1.807) is 0 Å².